The topological polar surface area (TPSA) is 88.9 Å². The number of nitrogens with one attached hydrogen (secondary N) is 2. The second-order valence-electron chi connectivity index (χ2n) is 5.71. The number of hydrogen-bond acceptors (Lipinski definition) is 5. The summed E-state index contributed by atoms with van der Waals surface area (Å²) in [6, 6.07) is 16.0. The van der Waals surface area contributed by atoms with Crippen LogP contribution in [0.4, 0.5) is 0 Å². The van der Waals surface area contributed by atoms with Crippen molar-refractivity contribution in [3.05, 3.63) is 65.2 Å². The van der Waals surface area contributed by atoms with Gasteiger partial charge in [0, 0.05) is 22.7 Å². The first-order valence-corrected chi connectivity index (χ1v) is 9.91. The summed E-state index contributed by atoms with van der Waals surface area (Å²) in [5.41, 5.74) is 6.15. The monoisotopic (exact) mass is 415 g/mol. The Kier molecular flexibility index (Phi) is 6.67. The largest absolute Gasteiger partial charge is 0.302 e. The Labute approximate surface area is 171 Å². The molecule has 1 heterocycles. The molecule has 0 aliphatic carbocycles. The molecule has 9 heteroatoms. The minimum Gasteiger partial charge on any atom is -0.302 e. The van der Waals surface area contributed by atoms with Gasteiger partial charge in [0.05, 0.1) is 5.75 Å². The number of halogens is 1. The summed E-state index contributed by atoms with van der Waals surface area (Å²) in [6.07, 6.45) is 0. The molecule has 1 aromatic heterocycles. The van der Waals surface area contributed by atoms with E-state index in [4.69, 9.17) is 11.6 Å². The molecule has 28 heavy (non-hydrogen) atoms. The maximum absolute atomic E-state index is 12.0. The molecule has 0 bridgehead atoms. The van der Waals surface area contributed by atoms with Crippen LogP contribution in [-0.2, 0) is 11.3 Å². The van der Waals surface area contributed by atoms with Gasteiger partial charge in [-0.15, -0.1) is 10.2 Å². The number of thioether (sulfide) groups is 1. The van der Waals surface area contributed by atoms with Gasteiger partial charge in [-0.2, -0.15) is 0 Å². The highest BCUT2D eigenvalue weighted by atomic mass is 35.5. The van der Waals surface area contributed by atoms with Gasteiger partial charge in [0.15, 0.2) is 11.0 Å². The Morgan fingerprint density at radius 2 is 1.75 bits per heavy atom. The van der Waals surface area contributed by atoms with Gasteiger partial charge < -0.3 is 4.57 Å². The molecule has 144 valence electrons. The first kappa shape index (κ1) is 19.9. The lowest BCUT2D eigenvalue weighted by Crippen LogP contribution is -2.42. The fourth-order valence-corrected chi connectivity index (χ4v) is 3.38. The van der Waals surface area contributed by atoms with Crippen molar-refractivity contribution in [2.75, 3.05) is 5.75 Å². The second kappa shape index (κ2) is 9.38. The summed E-state index contributed by atoms with van der Waals surface area (Å²) in [4.78, 5) is 24.0. The van der Waals surface area contributed by atoms with Crippen molar-refractivity contribution in [2.24, 2.45) is 0 Å². The van der Waals surface area contributed by atoms with Crippen LogP contribution in [-0.4, -0.2) is 32.3 Å². The Balaban J connectivity index is 1.57. The maximum Gasteiger partial charge on any atom is 0.269 e. The third kappa shape index (κ3) is 4.90. The van der Waals surface area contributed by atoms with Crippen LogP contribution in [0.3, 0.4) is 0 Å². The minimum atomic E-state index is -0.374. The van der Waals surface area contributed by atoms with Gasteiger partial charge in [-0.25, -0.2) is 0 Å². The van der Waals surface area contributed by atoms with Crippen LogP contribution in [0.5, 0.6) is 0 Å². The average molecular weight is 416 g/mol. The molecule has 2 N–H and O–H groups in total. The highest BCUT2D eigenvalue weighted by molar-refractivity contribution is 7.99. The first-order chi connectivity index (χ1) is 13.6. The van der Waals surface area contributed by atoms with Gasteiger partial charge in [0.1, 0.15) is 0 Å². The molecule has 2 amide bonds. The summed E-state index contributed by atoms with van der Waals surface area (Å²) >= 11 is 7.18. The lowest BCUT2D eigenvalue weighted by atomic mass is 10.2. The molecule has 0 spiro atoms. The van der Waals surface area contributed by atoms with Crippen LogP contribution in [0.2, 0.25) is 5.02 Å². The van der Waals surface area contributed by atoms with E-state index in [0.717, 1.165) is 5.56 Å². The quantitative estimate of drug-likeness (QED) is 0.476. The number of carbonyl (C=O) groups is 2. The van der Waals surface area contributed by atoms with E-state index in [1.165, 1.54) is 11.8 Å². The summed E-state index contributed by atoms with van der Waals surface area (Å²) in [7, 11) is 0. The van der Waals surface area contributed by atoms with Crippen LogP contribution in [0.1, 0.15) is 17.3 Å². The summed E-state index contributed by atoms with van der Waals surface area (Å²) < 4.78 is 1.92. The van der Waals surface area contributed by atoms with Crippen molar-refractivity contribution < 1.29 is 9.59 Å². The van der Waals surface area contributed by atoms with Gasteiger partial charge in [0.25, 0.3) is 5.91 Å². The molecule has 0 saturated carbocycles. The zero-order chi connectivity index (χ0) is 19.9. The number of nitrogens with zero attached hydrogens (tertiary/aromatic N) is 3. The van der Waals surface area contributed by atoms with Gasteiger partial charge in [0.2, 0.25) is 5.91 Å². The smallest absolute Gasteiger partial charge is 0.269 e. The standard InChI is InChI=1S/C19H18ClN5O2S/c1-2-25-17(13-8-10-15(20)11-9-13)22-24-19(25)28-12-16(26)21-23-18(27)14-6-4-3-5-7-14/h3-11H,2,12H2,1H3,(H,21,26)(H,23,27). The normalized spacial score (nSPS) is 10.5. The van der Waals surface area contributed by atoms with Crippen molar-refractivity contribution in [1.29, 1.82) is 0 Å². The molecule has 3 aromatic rings. The lowest BCUT2D eigenvalue weighted by molar-refractivity contribution is -0.119. The Morgan fingerprint density at radius 1 is 1.04 bits per heavy atom. The Morgan fingerprint density at radius 3 is 2.43 bits per heavy atom. The third-order valence-corrected chi connectivity index (χ3v) is 5.04. The van der Waals surface area contributed by atoms with Gasteiger partial charge in [-0.05, 0) is 43.3 Å². The molecule has 7 nitrogen and oxygen atoms in total. The number of hydrogen-bond donors (Lipinski definition) is 2. The van der Waals surface area contributed by atoms with E-state index >= 15 is 0 Å². The number of aromatic nitrogens is 3. The predicted octanol–water partition coefficient (Wildman–Crippen LogP) is 3.17. The summed E-state index contributed by atoms with van der Waals surface area (Å²) in [5, 5.41) is 9.67. The number of amides is 2. The SMILES string of the molecule is CCn1c(SCC(=O)NNC(=O)c2ccccc2)nnc1-c1ccc(Cl)cc1. The molecule has 0 unspecified atom stereocenters. The van der Waals surface area contributed by atoms with Crippen molar-refractivity contribution in [3.8, 4) is 11.4 Å². The fraction of sp³-hybridized carbons (Fsp3) is 0.158. The van der Waals surface area contributed by atoms with Crippen molar-refractivity contribution >= 4 is 35.2 Å². The summed E-state index contributed by atoms with van der Waals surface area (Å²) in [6.45, 7) is 2.63. The van der Waals surface area contributed by atoms with E-state index in [1.54, 1.807) is 36.4 Å². The van der Waals surface area contributed by atoms with E-state index in [9.17, 15) is 9.59 Å². The van der Waals surface area contributed by atoms with E-state index in [-0.39, 0.29) is 17.6 Å². The number of benzene rings is 2. The number of carbonyl (C=O) groups excluding carboxylic acids is 2. The van der Waals surface area contributed by atoms with Crippen LogP contribution >= 0.6 is 23.4 Å². The molecule has 0 fully saturated rings. The first-order valence-electron chi connectivity index (χ1n) is 8.54. The van der Waals surface area contributed by atoms with Crippen LogP contribution < -0.4 is 10.9 Å². The Hall–Kier alpha value is -2.84. The maximum atomic E-state index is 12.0. The van der Waals surface area contributed by atoms with Crippen molar-refractivity contribution in [3.63, 3.8) is 0 Å². The zero-order valence-electron chi connectivity index (χ0n) is 15.1. The Bertz CT molecular complexity index is 960. The van der Waals surface area contributed by atoms with E-state index in [1.807, 2.05) is 29.7 Å². The third-order valence-electron chi connectivity index (χ3n) is 3.82. The molecule has 0 atom stereocenters. The zero-order valence-corrected chi connectivity index (χ0v) is 16.6. The van der Waals surface area contributed by atoms with Gasteiger partial charge in [-0.1, -0.05) is 41.6 Å². The molecular weight excluding hydrogens is 398 g/mol. The van der Waals surface area contributed by atoms with Crippen LogP contribution in [0.15, 0.2) is 59.8 Å². The predicted molar refractivity (Wildman–Crippen MR) is 109 cm³/mol. The van der Waals surface area contributed by atoms with E-state index in [2.05, 4.69) is 21.0 Å². The molecule has 0 aliphatic rings. The second-order valence-corrected chi connectivity index (χ2v) is 7.09. The molecular formula is C19H18ClN5O2S. The lowest BCUT2D eigenvalue weighted by Gasteiger charge is -2.09. The van der Waals surface area contributed by atoms with Crippen LogP contribution in [0, 0.1) is 0 Å². The van der Waals surface area contributed by atoms with Crippen molar-refractivity contribution in [1.82, 2.24) is 25.6 Å². The average Bonchev–Trinajstić information content (AvgIpc) is 3.14. The van der Waals surface area contributed by atoms with E-state index < -0.39 is 0 Å². The minimum absolute atomic E-state index is 0.0911. The molecule has 3 rings (SSSR count). The van der Waals surface area contributed by atoms with Crippen molar-refractivity contribution in [2.45, 2.75) is 18.6 Å². The molecule has 0 saturated heterocycles. The van der Waals surface area contributed by atoms with Gasteiger partial charge in [-0.3, -0.25) is 20.4 Å². The fourth-order valence-electron chi connectivity index (χ4n) is 2.45. The molecule has 0 radical (unpaired) electrons. The highest BCUT2D eigenvalue weighted by Gasteiger charge is 2.15. The van der Waals surface area contributed by atoms with Gasteiger partial charge >= 0.3 is 0 Å². The van der Waals surface area contributed by atoms with Crippen LogP contribution in [0.25, 0.3) is 11.4 Å². The highest BCUT2D eigenvalue weighted by Crippen LogP contribution is 2.24. The number of rotatable bonds is 6. The number of hydrazine groups is 1. The van der Waals surface area contributed by atoms with E-state index in [0.29, 0.717) is 28.1 Å². The summed E-state index contributed by atoms with van der Waals surface area (Å²) in [5.74, 6) is 0.0847. The molecule has 2 aromatic carbocycles. The molecule has 0 aliphatic heterocycles.